The lowest BCUT2D eigenvalue weighted by Gasteiger charge is -2.35. The van der Waals surface area contributed by atoms with E-state index in [2.05, 4.69) is 9.88 Å². The lowest BCUT2D eigenvalue weighted by molar-refractivity contribution is -0.138. The molecule has 0 radical (unpaired) electrons. The Bertz CT molecular complexity index is 497. The van der Waals surface area contributed by atoms with Gasteiger partial charge in [0, 0.05) is 38.8 Å². The molecule has 2 heterocycles. The van der Waals surface area contributed by atoms with Crippen molar-refractivity contribution in [3.8, 4) is 0 Å². The lowest BCUT2D eigenvalue weighted by atomic mass is 10.2. The summed E-state index contributed by atoms with van der Waals surface area (Å²) in [6, 6.07) is 2.43. The second-order valence-electron chi connectivity index (χ2n) is 5.23. The smallest absolute Gasteiger partial charge is 0.417 e. The number of nitrogens with zero attached hydrogens (tertiary/aromatic N) is 3. The normalized spacial score (nSPS) is 16.8. The van der Waals surface area contributed by atoms with Gasteiger partial charge in [0.2, 0.25) is 0 Å². The number of carbonyl (C=O) groups is 1. The number of carboxylic acid groups (broad SMARTS) is 1. The summed E-state index contributed by atoms with van der Waals surface area (Å²) in [5.74, 6) is -0.259. The van der Waals surface area contributed by atoms with Crippen molar-refractivity contribution < 1.29 is 23.1 Å². The van der Waals surface area contributed by atoms with E-state index >= 15 is 0 Å². The third-order valence-electron chi connectivity index (χ3n) is 3.64. The fraction of sp³-hybridized carbons (Fsp3) is 0.571. The highest BCUT2D eigenvalue weighted by atomic mass is 19.4. The van der Waals surface area contributed by atoms with Crippen LogP contribution in [0.3, 0.4) is 0 Å². The first-order valence-corrected chi connectivity index (χ1v) is 7.08. The summed E-state index contributed by atoms with van der Waals surface area (Å²) in [5, 5.41) is 8.60. The van der Waals surface area contributed by atoms with Crippen LogP contribution < -0.4 is 4.90 Å². The Labute approximate surface area is 126 Å². The van der Waals surface area contributed by atoms with Crippen molar-refractivity contribution in [1.29, 1.82) is 0 Å². The van der Waals surface area contributed by atoms with Crippen molar-refractivity contribution in [2.45, 2.75) is 19.0 Å². The maximum absolute atomic E-state index is 12.5. The van der Waals surface area contributed by atoms with Gasteiger partial charge in [-0.25, -0.2) is 4.98 Å². The summed E-state index contributed by atoms with van der Waals surface area (Å²) in [5.41, 5.74) is -0.747. The molecule has 0 aromatic carbocycles. The van der Waals surface area contributed by atoms with Crippen molar-refractivity contribution >= 4 is 11.8 Å². The van der Waals surface area contributed by atoms with Gasteiger partial charge >= 0.3 is 12.1 Å². The second-order valence-corrected chi connectivity index (χ2v) is 5.23. The number of alkyl halides is 3. The predicted octanol–water partition coefficient (Wildman–Crippen LogP) is 2.09. The van der Waals surface area contributed by atoms with E-state index in [1.165, 1.54) is 6.07 Å². The predicted molar refractivity (Wildman–Crippen MR) is 74.8 cm³/mol. The molecule has 0 spiro atoms. The van der Waals surface area contributed by atoms with Crippen molar-refractivity contribution in [1.82, 2.24) is 9.88 Å². The maximum atomic E-state index is 12.5. The molecule has 1 aromatic rings. The number of rotatable bonds is 5. The topological polar surface area (TPSA) is 56.7 Å². The zero-order valence-electron chi connectivity index (χ0n) is 12.0. The molecule has 22 heavy (non-hydrogen) atoms. The first-order chi connectivity index (χ1) is 10.4. The monoisotopic (exact) mass is 317 g/mol. The molecule has 8 heteroatoms. The highest BCUT2D eigenvalue weighted by Crippen LogP contribution is 2.29. The van der Waals surface area contributed by atoms with Gasteiger partial charge in [-0.3, -0.25) is 9.69 Å². The van der Waals surface area contributed by atoms with Crippen molar-refractivity contribution in [2.24, 2.45) is 0 Å². The van der Waals surface area contributed by atoms with Gasteiger partial charge in [-0.15, -0.1) is 0 Å². The minimum atomic E-state index is -4.37. The highest BCUT2D eigenvalue weighted by molar-refractivity contribution is 5.66. The van der Waals surface area contributed by atoms with Crippen LogP contribution in [0.1, 0.15) is 18.4 Å². The van der Waals surface area contributed by atoms with Gasteiger partial charge < -0.3 is 10.0 Å². The summed E-state index contributed by atoms with van der Waals surface area (Å²) in [6.45, 7) is 3.57. The van der Waals surface area contributed by atoms with Crippen LogP contribution in [0.25, 0.3) is 0 Å². The highest BCUT2D eigenvalue weighted by Gasteiger charge is 2.31. The molecule has 1 N–H and O–H groups in total. The van der Waals surface area contributed by atoms with E-state index in [0.29, 0.717) is 25.3 Å². The van der Waals surface area contributed by atoms with Gasteiger partial charge in [-0.2, -0.15) is 13.2 Å². The number of anilines is 1. The minimum absolute atomic E-state index is 0.153. The zero-order chi connectivity index (χ0) is 16.2. The summed E-state index contributed by atoms with van der Waals surface area (Å²) in [7, 11) is 0. The maximum Gasteiger partial charge on any atom is 0.417 e. The fourth-order valence-electron chi connectivity index (χ4n) is 2.40. The molecule has 5 nitrogen and oxygen atoms in total. The van der Waals surface area contributed by atoms with E-state index < -0.39 is 17.7 Å². The summed E-state index contributed by atoms with van der Waals surface area (Å²) < 4.78 is 37.5. The molecule has 0 saturated carbocycles. The standard InChI is InChI=1S/C14H18F3N3O2/c15-14(16,17)11-3-4-12(18-10-11)20-8-6-19(7-9-20)5-1-2-13(21)22/h3-4,10H,1-2,5-9H2,(H,21,22). The van der Waals surface area contributed by atoms with Crippen LogP contribution in [0.4, 0.5) is 19.0 Å². The van der Waals surface area contributed by atoms with E-state index in [1.54, 1.807) is 0 Å². The third-order valence-corrected chi connectivity index (χ3v) is 3.64. The number of piperazine rings is 1. The molecule has 0 atom stereocenters. The fourth-order valence-corrected chi connectivity index (χ4v) is 2.40. The Morgan fingerprint density at radius 1 is 1.23 bits per heavy atom. The molecular weight excluding hydrogens is 299 g/mol. The number of halogens is 3. The van der Waals surface area contributed by atoms with Crippen LogP contribution >= 0.6 is 0 Å². The van der Waals surface area contributed by atoms with E-state index in [-0.39, 0.29) is 6.42 Å². The Kier molecular flexibility index (Phi) is 5.23. The summed E-state index contributed by atoms with van der Waals surface area (Å²) in [6.07, 6.45) is -2.75. The van der Waals surface area contributed by atoms with E-state index in [9.17, 15) is 18.0 Å². The minimum Gasteiger partial charge on any atom is -0.481 e. The average molecular weight is 317 g/mol. The Hall–Kier alpha value is -1.83. The van der Waals surface area contributed by atoms with Crippen LogP contribution in [0, 0.1) is 0 Å². The Morgan fingerprint density at radius 2 is 1.91 bits per heavy atom. The van der Waals surface area contributed by atoms with Crippen LogP contribution in [0.5, 0.6) is 0 Å². The summed E-state index contributed by atoms with van der Waals surface area (Å²) in [4.78, 5) is 18.4. The number of hydrogen-bond acceptors (Lipinski definition) is 4. The number of pyridine rings is 1. The molecule has 122 valence electrons. The first kappa shape index (κ1) is 16.5. The Morgan fingerprint density at radius 3 is 2.41 bits per heavy atom. The molecule has 1 aliphatic heterocycles. The number of aliphatic carboxylic acids is 1. The van der Waals surface area contributed by atoms with Crippen LogP contribution in [-0.4, -0.2) is 53.7 Å². The van der Waals surface area contributed by atoms with Crippen molar-refractivity contribution in [3.63, 3.8) is 0 Å². The average Bonchev–Trinajstić information content (AvgIpc) is 2.47. The quantitative estimate of drug-likeness (QED) is 0.901. The van der Waals surface area contributed by atoms with Gasteiger partial charge in [0.1, 0.15) is 5.82 Å². The van der Waals surface area contributed by atoms with E-state index in [1.807, 2.05) is 4.90 Å². The zero-order valence-corrected chi connectivity index (χ0v) is 12.0. The largest absolute Gasteiger partial charge is 0.481 e. The van der Waals surface area contributed by atoms with Crippen molar-refractivity contribution in [2.75, 3.05) is 37.6 Å². The van der Waals surface area contributed by atoms with Crippen molar-refractivity contribution in [3.05, 3.63) is 23.9 Å². The molecule has 2 rings (SSSR count). The van der Waals surface area contributed by atoms with Gasteiger partial charge in [-0.05, 0) is 25.1 Å². The Balaban J connectivity index is 1.82. The number of aromatic nitrogens is 1. The van der Waals surface area contributed by atoms with Gasteiger partial charge in [0.15, 0.2) is 0 Å². The molecule has 1 aliphatic rings. The van der Waals surface area contributed by atoms with E-state index in [4.69, 9.17) is 5.11 Å². The van der Waals surface area contributed by atoms with Gasteiger partial charge in [-0.1, -0.05) is 0 Å². The molecule has 0 amide bonds. The van der Waals surface area contributed by atoms with Gasteiger partial charge in [0.25, 0.3) is 0 Å². The van der Waals surface area contributed by atoms with Gasteiger partial charge in [0.05, 0.1) is 5.56 Å². The van der Waals surface area contributed by atoms with Crippen LogP contribution in [-0.2, 0) is 11.0 Å². The third kappa shape index (κ3) is 4.59. The van der Waals surface area contributed by atoms with E-state index in [0.717, 1.165) is 31.9 Å². The number of hydrogen-bond donors (Lipinski definition) is 1. The van der Waals surface area contributed by atoms with Crippen LogP contribution in [0.15, 0.2) is 18.3 Å². The lowest BCUT2D eigenvalue weighted by Crippen LogP contribution is -2.47. The molecule has 0 unspecified atom stereocenters. The molecular formula is C14H18F3N3O2. The molecule has 0 aliphatic carbocycles. The molecule has 0 bridgehead atoms. The molecule has 1 fully saturated rings. The number of carboxylic acids is 1. The summed E-state index contributed by atoms with van der Waals surface area (Å²) >= 11 is 0. The second kappa shape index (κ2) is 6.95. The SMILES string of the molecule is O=C(O)CCCN1CCN(c2ccc(C(F)(F)F)cn2)CC1. The first-order valence-electron chi connectivity index (χ1n) is 7.08. The molecule has 1 aromatic heterocycles. The van der Waals surface area contributed by atoms with Crippen LogP contribution in [0.2, 0.25) is 0 Å². The molecule has 1 saturated heterocycles.